The fourth-order valence-corrected chi connectivity index (χ4v) is 2.89. The predicted octanol–water partition coefficient (Wildman–Crippen LogP) is 3.91. The Balaban J connectivity index is 1.84. The molecule has 6 nitrogen and oxygen atoms in total. The maximum atomic E-state index is 12.7. The largest absolute Gasteiger partial charge is 0.460 e. The molecule has 0 fully saturated rings. The topological polar surface area (TPSA) is 80.9 Å². The standard InChI is InChI=1S/C17H12N4O2S/c1-10-6-7-15(23-10)14-8-12(11-4-2-3-5-13(11)19-14)16(22)20-17-21-18-9-24-17/h2-9H,1H3,(H,20,21,22). The van der Waals surface area contributed by atoms with Gasteiger partial charge in [0.05, 0.1) is 11.1 Å². The Bertz CT molecular complexity index is 1020. The summed E-state index contributed by atoms with van der Waals surface area (Å²) in [6.07, 6.45) is 0. The van der Waals surface area contributed by atoms with Gasteiger partial charge >= 0.3 is 0 Å². The van der Waals surface area contributed by atoms with Gasteiger partial charge in [0.15, 0.2) is 5.76 Å². The van der Waals surface area contributed by atoms with Crippen molar-refractivity contribution in [2.24, 2.45) is 0 Å². The Morgan fingerprint density at radius 2 is 2.08 bits per heavy atom. The van der Waals surface area contributed by atoms with Gasteiger partial charge in [-0.3, -0.25) is 10.1 Å². The summed E-state index contributed by atoms with van der Waals surface area (Å²) in [4.78, 5) is 17.3. The number of carbonyl (C=O) groups is 1. The van der Waals surface area contributed by atoms with Gasteiger partial charge in [-0.2, -0.15) is 0 Å². The van der Waals surface area contributed by atoms with E-state index in [-0.39, 0.29) is 5.91 Å². The van der Waals surface area contributed by atoms with E-state index in [1.165, 1.54) is 11.3 Å². The first-order valence-electron chi connectivity index (χ1n) is 7.25. The van der Waals surface area contributed by atoms with Gasteiger partial charge in [-0.05, 0) is 31.2 Å². The van der Waals surface area contributed by atoms with Gasteiger partial charge < -0.3 is 4.42 Å². The minimum atomic E-state index is -0.255. The maximum absolute atomic E-state index is 12.7. The van der Waals surface area contributed by atoms with Crippen LogP contribution in [0.5, 0.6) is 0 Å². The van der Waals surface area contributed by atoms with E-state index in [2.05, 4.69) is 20.5 Å². The molecular formula is C17H12N4O2S. The van der Waals surface area contributed by atoms with Crippen molar-refractivity contribution in [3.63, 3.8) is 0 Å². The molecule has 0 aliphatic carbocycles. The van der Waals surface area contributed by atoms with Gasteiger partial charge in [-0.25, -0.2) is 4.98 Å². The normalized spacial score (nSPS) is 10.9. The molecule has 0 bridgehead atoms. The molecule has 0 saturated carbocycles. The van der Waals surface area contributed by atoms with Gasteiger partial charge in [0.25, 0.3) is 5.91 Å². The number of benzene rings is 1. The van der Waals surface area contributed by atoms with E-state index in [1.807, 2.05) is 43.3 Å². The Morgan fingerprint density at radius 3 is 2.83 bits per heavy atom. The van der Waals surface area contributed by atoms with E-state index in [0.717, 1.165) is 16.7 Å². The Labute approximate surface area is 141 Å². The first-order valence-corrected chi connectivity index (χ1v) is 8.13. The van der Waals surface area contributed by atoms with Crippen LogP contribution in [0.25, 0.3) is 22.4 Å². The van der Waals surface area contributed by atoms with Gasteiger partial charge in [0, 0.05) is 5.39 Å². The maximum Gasteiger partial charge on any atom is 0.258 e. The van der Waals surface area contributed by atoms with Crippen molar-refractivity contribution in [3.8, 4) is 11.5 Å². The molecule has 0 aliphatic heterocycles. The minimum Gasteiger partial charge on any atom is -0.460 e. The summed E-state index contributed by atoms with van der Waals surface area (Å²) in [5, 5.41) is 11.6. The lowest BCUT2D eigenvalue weighted by atomic mass is 10.1. The van der Waals surface area contributed by atoms with Crippen LogP contribution in [-0.2, 0) is 0 Å². The number of rotatable bonds is 3. The van der Waals surface area contributed by atoms with Crippen LogP contribution in [0.3, 0.4) is 0 Å². The van der Waals surface area contributed by atoms with Gasteiger partial charge in [-0.1, -0.05) is 29.5 Å². The molecule has 3 aromatic heterocycles. The van der Waals surface area contributed by atoms with Crippen LogP contribution in [0.1, 0.15) is 16.1 Å². The summed E-state index contributed by atoms with van der Waals surface area (Å²) in [6, 6.07) is 13.0. The molecule has 0 spiro atoms. The van der Waals surface area contributed by atoms with Gasteiger partial charge in [0.2, 0.25) is 5.13 Å². The molecular weight excluding hydrogens is 324 g/mol. The second-order valence-corrected chi connectivity index (χ2v) is 6.01. The number of hydrogen-bond donors (Lipinski definition) is 1. The lowest BCUT2D eigenvalue weighted by Gasteiger charge is -2.08. The smallest absolute Gasteiger partial charge is 0.258 e. The molecule has 4 rings (SSSR count). The molecule has 118 valence electrons. The number of carbonyl (C=O) groups excluding carboxylic acids is 1. The lowest BCUT2D eigenvalue weighted by Crippen LogP contribution is -2.13. The highest BCUT2D eigenvalue weighted by atomic mass is 32.1. The molecule has 4 aromatic rings. The number of amides is 1. The zero-order valence-corrected chi connectivity index (χ0v) is 13.5. The summed E-state index contributed by atoms with van der Waals surface area (Å²) < 4.78 is 5.64. The average Bonchev–Trinajstić information content (AvgIpc) is 3.25. The number of anilines is 1. The minimum absolute atomic E-state index is 0.255. The highest BCUT2D eigenvalue weighted by molar-refractivity contribution is 7.13. The van der Waals surface area contributed by atoms with Crippen molar-refractivity contribution in [3.05, 3.63) is 59.3 Å². The number of nitrogens with one attached hydrogen (secondary N) is 1. The van der Waals surface area contributed by atoms with Crippen LogP contribution in [0, 0.1) is 6.92 Å². The van der Waals surface area contributed by atoms with Crippen molar-refractivity contribution >= 4 is 33.3 Å². The summed E-state index contributed by atoms with van der Waals surface area (Å²) >= 11 is 1.27. The van der Waals surface area contributed by atoms with E-state index < -0.39 is 0 Å². The highest BCUT2D eigenvalue weighted by Crippen LogP contribution is 2.27. The van der Waals surface area contributed by atoms with E-state index in [0.29, 0.717) is 22.1 Å². The molecule has 1 N–H and O–H groups in total. The first-order chi connectivity index (χ1) is 11.7. The fraction of sp³-hybridized carbons (Fsp3) is 0.0588. The molecule has 0 radical (unpaired) electrons. The number of hydrogen-bond acceptors (Lipinski definition) is 6. The van der Waals surface area contributed by atoms with Gasteiger partial charge in [0.1, 0.15) is 17.0 Å². The molecule has 7 heteroatoms. The monoisotopic (exact) mass is 336 g/mol. The molecule has 1 aromatic carbocycles. The van der Waals surface area contributed by atoms with Crippen molar-refractivity contribution in [2.75, 3.05) is 5.32 Å². The number of aryl methyl sites for hydroxylation is 1. The third-order valence-corrected chi connectivity index (χ3v) is 4.14. The number of nitrogens with zero attached hydrogens (tertiary/aromatic N) is 3. The Morgan fingerprint density at radius 1 is 1.21 bits per heavy atom. The van der Waals surface area contributed by atoms with Crippen molar-refractivity contribution in [1.82, 2.24) is 15.2 Å². The molecule has 0 atom stereocenters. The summed E-state index contributed by atoms with van der Waals surface area (Å²) in [6.45, 7) is 1.87. The fourth-order valence-electron chi connectivity index (χ4n) is 2.45. The molecule has 24 heavy (non-hydrogen) atoms. The lowest BCUT2D eigenvalue weighted by molar-refractivity contribution is 0.102. The highest BCUT2D eigenvalue weighted by Gasteiger charge is 2.16. The van der Waals surface area contributed by atoms with Crippen LogP contribution in [0.2, 0.25) is 0 Å². The third-order valence-electron chi connectivity index (χ3n) is 3.53. The van der Waals surface area contributed by atoms with E-state index in [1.54, 1.807) is 11.6 Å². The van der Waals surface area contributed by atoms with Crippen molar-refractivity contribution in [1.29, 1.82) is 0 Å². The summed E-state index contributed by atoms with van der Waals surface area (Å²) in [5.74, 6) is 1.16. The third kappa shape index (κ3) is 2.65. The number of pyridine rings is 1. The average molecular weight is 336 g/mol. The van der Waals surface area contributed by atoms with Crippen molar-refractivity contribution in [2.45, 2.75) is 6.92 Å². The van der Waals surface area contributed by atoms with Crippen LogP contribution in [0.15, 0.2) is 52.4 Å². The SMILES string of the molecule is Cc1ccc(-c2cc(C(=O)Nc3nncs3)c3ccccc3n2)o1. The van der Waals surface area contributed by atoms with Crippen LogP contribution < -0.4 is 5.32 Å². The zero-order chi connectivity index (χ0) is 16.5. The summed E-state index contributed by atoms with van der Waals surface area (Å²) in [5.41, 5.74) is 3.42. The second-order valence-electron chi connectivity index (χ2n) is 5.18. The van der Waals surface area contributed by atoms with E-state index >= 15 is 0 Å². The molecule has 3 heterocycles. The molecule has 0 saturated heterocycles. The number of para-hydroxylation sites is 1. The van der Waals surface area contributed by atoms with Crippen LogP contribution in [0.4, 0.5) is 5.13 Å². The predicted molar refractivity (Wildman–Crippen MR) is 92.0 cm³/mol. The number of aromatic nitrogens is 3. The second kappa shape index (κ2) is 5.86. The van der Waals surface area contributed by atoms with Gasteiger partial charge in [-0.15, -0.1) is 10.2 Å². The van der Waals surface area contributed by atoms with Crippen molar-refractivity contribution < 1.29 is 9.21 Å². The quantitative estimate of drug-likeness (QED) is 0.613. The first kappa shape index (κ1) is 14.5. The number of fused-ring (bicyclic) bond motifs is 1. The zero-order valence-electron chi connectivity index (χ0n) is 12.7. The van der Waals surface area contributed by atoms with E-state index in [9.17, 15) is 4.79 Å². The van der Waals surface area contributed by atoms with Crippen LogP contribution >= 0.6 is 11.3 Å². The number of furan rings is 1. The molecule has 0 aliphatic rings. The summed E-state index contributed by atoms with van der Waals surface area (Å²) in [7, 11) is 0. The Kier molecular flexibility index (Phi) is 3.55. The molecule has 1 amide bonds. The molecule has 0 unspecified atom stereocenters. The van der Waals surface area contributed by atoms with E-state index in [4.69, 9.17) is 4.42 Å². The Hall–Kier alpha value is -3.06. The van der Waals surface area contributed by atoms with Crippen LogP contribution in [-0.4, -0.2) is 21.1 Å².